The van der Waals surface area contributed by atoms with Crippen LogP contribution in [0.1, 0.15) is 38.9 Å². The zero-order chi connectivity index (χ0) is 31.7. The number of rotatable bonds is 9. The molecule has 45 heavy (non-hydrogen) atoms. The van der Waals surface area contributed by atoms with Crippen LogP contribution in [-0.4, -0.2) is 50.5 Å². The first-order chi connectivity index (χ1) is 21.7. The van der Waals surface area contributed by atoms with Crippen molar-refractivity contribution in [3.8, 4) is 23.2 Å². The van der Waals surface area contributed by atoms with E-state index < -0.39 is 29.5 Å². The number of imidazole rings is 1. The first-order valence-corrected chi connectivity index (χ1v) is 13.9. The van der Waals surface area contributed by atoms with Crippen molar-refractivity contribution in [2.24, 2.45) is 5.92 Å². The molecule has 1 aliphatic heterocycles. The van der Waals surface area contributed by atoms with Crippen LogP contribution >= 0.6 is 0 Å². The van der Waals surface area contributed by atoms with Crippen LogP contribution in [0.2, 0.25) is 0 Å². The quantitative estimate of drug-likeness (QED) is 0.225. The fraction of sp³-hybridized carbons (Fsp3) is 0.212. The number of nitrogens with zero attached hydrogens (tertiary/aromatic N) is 4. The molecule has 0 aliphatic carbocycles. The molecule has 1 fully saturated rings. The third kappa shape index (κ3) is 5.95. The molecule has 5 aromatic rings. The number of halogens is 3. The van der Waals surface area contributed by atoms with E-state index in [-0.39, 0.29) is 78.2 Å². The van der Waals surface area contributed by atoms with Crippen LogP contribution in [-0.2, 0) is 17.8 Å². The molecule has 2 aromatic heterocycles. The van der Waals surface area contributed by atoms with Gasteiger partial charge in [0, 0.05) is 29.5 Å². The van der Waals surface area contributed by atoms with Gasteiger partial charge >= 0.3 is 5.97 Å². The average Bonchev–Trinajstić information content (AvgIpc) is 3.65. The van der Waals surface area contributed by atoms with E-state index in [0.717, 1.165) is 18.2 Å². The number of nitriles is 1. The third-order valence-corrected chi connectivity index (χ3v) is 7.78. The fourth-order valence-corrected chi connectivity index (χ4v) is 5.44. The second kappa shape index (κ2) is 12.4. The van der Waals surface area contributed by atoms with Crippen LogP contribution in [0.15, 0.2) is 66.7 Å². The number of carboxylic acid groups (broad SMARTS) is 1. The number of carbonyl (C=O) groups is 1. The molecular formula is C33H25F3N4O5. The Balaban J connectivity index is 1.29. The van der Waals surface area contributed by atoms with E-state index in [1.807, 2.05) is 6.07 Å². The lowest BCUT2D eigenvalue weighted by Gasteiger charge is -2.21. The predicted octanol–water partition coefficient (Wildman–Crippen LogP) is 5.44. The normalized spacial score (nSPS) is 16.2. The Hall–Kier alpha value is -5.25. The topological polar surface area (TPSA) is 130 Å². The number of fused-ring (bicyclic) bond motifs is 1. The number of benzene rings is 3. The van der Waals surface area contributed by atoms with Crippen LogP contribution in [0.4, 0.5) is 13.2 Å². The minimum atomic E-state index is -1.12. The maximum Gasteiger partial charge on any atom is 0.335 e. The number of carboxylic acids is 1. The van der Waals surface area contributed by atoms with Crippen molar-refractivity contribution in [1.82, 2.24) is 14.5 Å². The Morgan fingerprint density at radius 1 is 1.00 bits per heavy atom. The summed E-state index contributed by atoms with van der Waals surface area (Å²) in [5, 5.41) is 28.4. The number of aromatic carboxylic acids is 1. The molecule has 0 amide bonds. The molecule has 12 heteroatoms. The molecule has 9 nitrogen and oxygen atoms in total. The second-order valence-corrected chi connectivity index (χ2v) is 10.6. The van der Waals surface area contributed by atoms with Gasteiger partial charge in [-0.1, -0.05) is 12.1 Å². The van der Waals surface area contributed by atoms with Gasteiger partial charge in [-0.25, -0.2) is 27.9 Å². The van der Waals surface area contributed by atoms with Crippen LogP contribution in [0, 0.1) is 34.7 Å². The smallest absolute Gasteiger partial charge is 0.335 e. The maximum absolute atomic E-state index is 15.6. The second-order valence-electron chi connectivity index (χ2n) is 10.6. The summed E-state index contributed by atoms with van der Waals surface area (Å²) in [6, 6.07) is 16.5. The van der Waals surface area contributed by atoms with Crippen molar-refractivity contribution in [3.05, 3.63) is 112 Å². The number of aliphatic hydroxyl groups is 1. The zero-order valence-corrected chi connectivity index (χ0v) is 23.6. The molecular weight excluding hydrogens is 589 g/mol. The Bertz CT molecular complexity index is 1970. The summed E-state index contributed by atoms with van der Waals surface area (Å²) in [4.78, 5) is 20.5. The number of hydrogen-bond acceptors (Lipinski definition) is 7. The summed E-state index contributed by atoms with van der Waals surface area (Å²) in [5.41, 5.74) is 1.35. The van der Waals surface area contributed by atoms with Gasteiger partial charge in [-0.05, 0) is 54.1 Å². The Morgan fingerprint density at radius 3 is 2.58 bits per heavy atom. The lowest BCUT2D eigenvalue weighted by Crippen LogP contribution is -2.23. The van der Waals surface area contributed by atoms with Gasteiger partial charge in [-0.3, -0.25) is 0 Å². The van der Waals surface area contributed by atoms with Crippen LogP contribution in [0.25, 0.3) is 22.3 Å². The van der Waals surface area contributed by atoms with Gasteiger partial charge in [0.2, 0.25) is 5.88 Å². The van der Waals surface area contributed by atoms with Crippen molar-refractivity contribution in [2.75, 3.05) is 19.8 Å². The number of pyridine rings is 1. The van der Waals surface area contributed by atoms with E-state index >= 15 is 8.78 Å². The largest absolute Gasteiger partial charge is 0.478 e. The van der Waals surface area contributed by atoms with Crippen molar-refractivity contribution < 1.29 is 37.7 Å². The van der Waals surface area contributed by atoms with Crippen molar-refractivity contribution in [2.45, 2.75) is 19.1 Å². The van der Waals surface area contributed by atoms with Gasteiger partial charge in [0.25, 0.3) is 0 Å². The summed E-state index contributed by atoms with van der Waals surface area (Å²) in [5.74, 6) is -3.08. The number of ether oxygens (including phenoxy) is 2. The first kappa shape index (κ1) is 29.8. The molecule has 0 radical (unpaired) electrons. The van der Waals surface area contributed by atoms with Gasteiger partial charge in [-0.15, -0.1) is 0 Å². The van der Waals surface area contributed by atoms with Crippen LogP contribution in [0.3, 0.4) is 0 Å². The summed E-state index contributed by atoms with van der Waals surface area (Å²) >= 11 is 0. The molecule has 228 valence electrons. The van der Waals surface area contributed by atoms with Crippen molar-refractivity contribution >= 4 is 17.0 Å². The third-order valence-electron chi connectivity index (χ3n) is 7.78. The van der Waals surface area contributed by atoms with Crippen molar-refractivity contribution in [1.29, 1.82) is 5.26 Å². The Labute approximate surface area is 254 Å². The summed E-state index contributed by atoms with van der Waals surface area (Å²) in [6.45, 7) is 0.146. The van der Waals surface area contributed by atoms with Crippen LogP contribution in [0.5, 0.6) is 5.88 Å². The van der Waals surface area contributed by atoms with Gasteiger partial charge in [0.15, 0.2) is 0 Å². The van der Waals surface area contributed by atoms with E-state index in [4.69, 9.17) is 14.7 Å². The Morgan fingerprint density at radius 2 is 1.82 bits per heavy atom. The number of aromatic nitrogens is 3. The highest BCUT2D eigenvalue weighted by molar-refractivity contribution is 5.92. The highest BCUT2D eigenvalue weighted by atomic mass is 19.1. The summed E-state index contributed by atoms with van der Waals surface area (Å²) in [7, 11) is 0. The molecule has 0 saturated carbocycles. The minimum Gasteiger partial charge on any atom is -0.478 e. The molecule has 3 aromatic carbocycles. The highest BCUT2D eigenvalue weighted by Gasteiger charge is 2.32. The van der Waals surface area contributed by atoms with E-state index in [9.17, 15) is 19.4 Å². The van der Waals surface area contributed by atoms with Gasteiger partial charge < -0.3 is 24.3 Å². The molecule has 0 spiro atoms. The monoisotopic (exact) mass is 614 g/mol. The van der Waals surface area contributed by atoms with Crippen LogP contribution < -0.4 is 4.74 Å². The Kier molecular flexibility index (Phi) is 8.21. The maximum atomic E-state index is 15.6. The molecule has 2 atom stereocenters. The first-order valence-electron chi connectivity index (χ1n) is 13.9. The molecule has 1 saturated heterocycles. The molecule has 1 aliphatic rings. The summed E-state index contributed by atoms with van der Waals surface area (Å²) in [6.07, 6.45) is -0.124. The highest BCUT2D eigenvalue weighted by Crippen LogP contribution is 2.33. The lowest BCUT2D eigenvalue weighted by atomic mass is 10.0. The standard InChI is InChI=1S/C33H25F3N4O5/c34-24-8-18(13-37)4-5-20(24)16-45-32-3-1-2-27(39-32)23-12-25(35)21(9-26(23)36)11-31-38-28-7-6-19(33(42)43)10-29(28)40(31)30-17-44-15-22(30)14-41/h1-10,12,22,30,41H,11,14-17H2,(H,42,43)/t22-,30+/m1/s1. The summed E-state index contributed by atoms with van der Waals surface area (Å²) < 4.78 is 58.3. The minimum absolute atomic E-state index is 0.00873. The SMILES string of the molecule is N#Cc1ccc(COc2cccc(-c3cc(F)c(Cc4nc5ccc(C(=O)O)cc5n4[C@H]4COC[C@H]4CO)cc3F)n2)c(F)c1. The fourth-order valence-electron chi connectivity index (χ4n) is 5.44. The van der Waals surface area contributed by atoms with E-state index in [2.05, 4.69) is 9.97 Å². The van der Waals surface area contributed by atoms with E-state index in [0.29, 0.717) is 16.9 Å². The van der Waals surface area contributed by atoms with Gasteiger partial charge in [-0.2, -0.15) is 5.26 Å². The van der Waals surface area contributed by atoms with E-state index in [1.165, 1.54) is 36.4 Å². The lowest BCUT2D eigenvalue weighted by molar-refractivity contribution is 0.0697. The number of aliphatic hydroxyl groups excluding tert-OH is 1. The molecule has 3 heterocycles. The zero-order valence-electron chi connectivity index (χ0n) is 23.6. The molecule has 2 N–H and O–H groups in total. The van der Waals surface area contributed by atoms with Crippen molar-refractivity contribution in [3.63, 3.8) is 0 Å². The predicted molar refractivity (Wildman–Crippen MR) is 155 cm³/mol. The van der Waals surface area contributed by atoms with E-state index in [1.54, 1.807) is 16.7 Å². The van der Waals surface area contributed by atoms with Gasteiger partial charge in [0.1, 0.15) is 29.9 Å². The average molecular weight is 615 g/mol. The number of hydrogen-bond donors (Lipinski definition) is 2. The molecule has 0 unspecified atom stereocenters. The molecule has 6 rings (SSSR count). The molecule has 0 bridgehead atoms. The van der Waals surface area contributed by atoms with Gasteiger partial charge in [0.05, 0.1) is 59.8 Å².